The van der Waals surface area contributed by atoms with Crippen LogP contribution < -0.4 is 0 Å². The highest BCUT2D eigenvalue weighted by atomic mass is 16.5. The summed E-state index contributed by atoms with van der Waals surface area (Å²) in [4.78, 5) is 0. The molecule has 0 aliphatic heterocycles. The van der Waals surface area contributed by atoms with Crippen LogP contribution in [0.4, 0.5) is 0 Å². The van der Waals surface area contributed by atoms with Crippen LogP contribution >= 0.6 is 0 Å². The van der Waals surface area contributed by atoms with Crippen LogP contribution in [0.2, 0.25) is 0 Å². The van der Waals surface area contributed by atoms with Crippen LogP contribution in [0.5, 0.6) is 0 Å². The maximum Gasteiger partial charge on any atom is 0.0704 e. The van der Waals surface area contributed by atoms with Crippen molar-refractivity contribution in [3.05, 3.63) is 0 Å². The standard InChI is InChI=1S/C14H28O2/c1-5-15-8-9-16-14-10-12(4)6-7-13(14)11(2)3/h11-14H,5-10H2,1-4H3. The first kappa shape index (κ1) is 14.0. The molecule has 1 aliphatic carbocycles. The Morgan fingerprint density at radius 2 is 1.94 bits per heavy atom. The van der Waals surface area contributed by atoms with Gasteiger partial charge in [0.15, 0.2) is 0 Å². The molecule has 2 nitrogen and oxygen atoms in total. The zero-order chi connectivity index (χ0) is 12.0. The minimum Gasteiger partial charge on any atom is -0.379 e. The number of rotatable bonds is 6. The number of hydrogen-bond donors (Lipinski definition) is 0. The van der Waals surface area contributed by atoms with Crippen molar-refractivity contribution >= 4 is 0 Å². The summed E-state index contributed by atoms with van der Waals surface area (Å²) in [6.07, 6.45) is 4.39. The smallest absolute Gasteiger partial charge is 0.0704 e. The van der Waals surface area contributed by atoms with Crippen molar-refractivity contribution in [2.75, 3.05) is 19.8 Å². The molecule has 0 heterocycles. The number of hydrogen-bond acceptors (Lipinski definition) is 2. The van der Waals surface area contributed by atoms with Crippen molar-refractivity contribution in [2.24, 2.45) is 17.8 Å². The van der Waals surface area contributed by atoms with Gasteiger partial charge in [-0.1, -0.05) is 27.2 Å². The first-order valence-electron chi connectivity index (χ1n) is 6.84. The van der Waals surface area contributed by atoms with Gasteiger partial charge in [-0.15, -0.1) is 0 Å². The van der Waals surface area contributed by atoms with E-state index < -0.39 is 0 Å². The largest absolute Gasteiger partial charge is 0.379 e. The summed E-state index contributed by atoms with van der Waals surface area (Å²) in [5, 5.41) is 0. The predicted molar refractivity (Wildman–Crippen MR) is 67.6 cm³/mol. The van der Waals surface area contributed by atoms with Crippen LogP contribution in [0.1, 0.15) is 47.0 Å². The Hall–Kier alpha value is -0.0800. The molecule has 0 aromatic rings. The lowest BCUT2D eigenvalue weighted by Gasteiger charge is -2.37. The lowest BCUT2D eigenvalue weighted by molar-refractivity contribution is -0.0570. The van der Waals surface area contributed by atoms with E-state index in [0.29, 0.717) is 6.10 Å². The molecule has 1 saturated carbocycles. The van der Waals surface area contributed by atoms with Crippen molar-refractivity contribution in [3.8, 4) is 0 Å². The average molecular weight is 228 g/mol. The summed E-state index contributed by atoms with van der Waals surface area (Å²) >= 11 is 0. The summed E-state index contributed by atoms with van der Waals surface area (Å²) < 4.78 is 11.3. The molecule has 1 aliphatic rings. The SMILES string of the molecule is CCOCCOC1CC(C)CCC1C(C)C. The van der Waals surface area contributed by atoms with Crippen molar-refractivity contribution in [3.63, 3.8) is 0 Å². The van der Waals surface area contributed by atoms with Gasteiger partial charge in [-0.05, 0) is 37.5 Å². The van der Waals surface area contributed by atoms with Crippen LogP contribution in [-0.2, 0) is 9.47 Å². The van der Waals surface area contributed by atoms with E-state index in [9.17, 15) is 0 Å². The van der Waals surface area contributed by atoms with Crippen LogP contribution in [0, 0.1) is 17.8 Å². The fraction of sp³-hybridized carbons (Fsp3) is 1.00. The zero-order valence-electron chi connectivity index (χ0n) is 11.4. The third-order valence-electron chi connectivity index (χ3n) is 3.73. The molecule has 16 heavy (non-hydrogen) atoms. The predicted octanol–water partition coefficient (Wildman–Crippen LogP) is 3.50. The Morgan fingerprint density at radius 1 is 1.19 bits per heavy atom. The normalized spacial score (nSPS) is 30.9. The zero-order valence-corrected chi connectivity index (χ0v) is 11.4. The van der Waals surface area contributed by atoms with Gasteiger partial charge in [0, 0.05) is 6.61 Å². The molecule has 1 rings (SSSR count). The third-order valence-corrected chi connectivity index (χ3v) is 3.73. The highest BCUT2D eigenvalue weighted by Crippen LogP contribution is 2.35. The van der Waals surface area contributed by atoms with Gasteiger partial charge in [0.1, 0.15) is 0 Å². The van der Waals surface area contributed by atoms with Crippen LogP contribution in [0.25, 0.3) is 0 Å². The van der Waals surface area contributed by atoms with E-state index in [4.69, 9.17) is 9.47 Å². The molecular weight excluding hydrogens is 200 g/mol. The summed E-state index contributed by atoms with van der Waals surface area (Å²) in [7, 11) is 0. The molecule has 0 aromatic carbocycles. The van der Waals surface area contributed by atoms with E-state index in [0.717, 1.165) is 37.6 Å². The van der Waals surface area contributed by atoms with E-state index in [1.165, 1.54) is 19.3 Å². The summed E-state index contributed by atoms with van der Waals surface area (Å²) in [6, 6.07) is 0. The first-order valence-corrected chi connectivity index (χ1v) is 6.84. The molecule has 0 amide bonds. The maximum absolute atomic E-state index is 6.00. The van der Waals surface area contributed by atoms with Gasteiger partial charge >= 0.3 is 0 Å². The van der Waals surface area contributed by atoms with E-state index in [2.05, 4.69) is 20.8 Å². The minimum absolute atomic E-state index is 0.462. The van der Waals surface area contributed by atoms with Crippen molar-refractivity contribution in [1.29, 1.82) is 0 Å². The molecule has 0 N–H and O–H groups in total. The topological polar surface area (TPSA) is 18.5 Å². The van der Waals surface area contributed by atoms with Gasteiger partial charge in [-0.25, -0.2) is 0 Å². The maximum atomic E-state index is 6.00. The quantitative estimate of drug-likeness (QED) is 0.648. The second-order valence-corrected chi connectivity index (χ2v) is 5.43. The van der Waals surface area contributed by atoms with Gasteiger partial charge in [0.05, 0.1) is 19.3 Å². The summed E-state index contributed by atoms with van der Waals surface area (Å²) in [6.45, 7) is 11.3. The molecule has 1 fully saturated rings. The molecule has 3 atom stereocenters. The van der Waals surface area contributed by atoms with Crippen LogP contribution in [0.15, 0.2) is 0 Å². The minimum atomic E-state index is 0.462. The summed E-state index contributed by atoms with van der Waals surface area (Å²) in [5.41, 5.74) is 0. The molecule has 0 spiro atoms. The van der Waals surface area contributed by atoms with Gasteiger partial charge < -0.3 is 9.47 Å². The molecule has 2 heteroatoms. The van der Waals surface area contributed by atoms with Gasteiger partial charge in [-0.2, -0.15) is 0 Å². The highest BCUT2D eigenvalue weighted by molar-refractivity contribution is 4.81. The Labute approximate surface area is 101 Å². The monoisotopic (exact) mass is 228 g/mol. The lowest BCUT2D eigenvalue weighted by Crippen LogP contribution is -2.35. The first-order chi connectivity index (χ1) is 7.65. The second-order valence-electron chi connectivity index (χ2n) is 5.43. The third kappa shape index (κ3) is 4.42. The van der Waals surface area contributed by atoms with E-state index in [1.54, 1.807) is 0 Å². The Morgan fingerprint density at radius 3 is 2.56 bits per heavy atom. The van der Waals surface area contributed by atoms with Crippen molar-refractivity contribution in [1.82, 2.24) is 0 Å². The van der Waals surface area contributed by atoms with Crippen LogP contribution in [-0.4, -0.2) is 25.9 Å². The second kappa shape index (κ2) is 7.29. The molecule has 3 unspecified atom stereocenters. The Balaban J connectivity index is 2.33. The lowest BCUT2D eigenvalue weighted by atomic mass is 9.75. The van der Waals surface area contributed by atoms with Gasteiger partial charge in [-0.3, -0.25) is 0 Å². The van der Waals surface area contributed by atoms with Gasteiger partial charge in [0.25, 0.3) is 0 Å². The van der Waals surface area contributed by atoms with E-state index in [1.807, 2.05) is 6.92 Å². The van der Waals surface area contributed by atoms with Crippen molar-refractivity contribution < 1.29 is 9.47 Å². The summed E-state index contributed by atoms with van der Waals surface area (Å²) in [5.74, 6) is 2.31. The van der Waals surface area contributed by atoms with E-state index >= 15 is 0 Å². The molecule has 96 valence electrons. The molecule has 0 saturated heterocycles. The molecular formula is C14H28O2. The molecule has 0 bridgehead atoms. The fourth-order valence-corrected chi connectivity index (χ4v) is 2.71. The Bertz CT molecular complexity index is 180. The fourth-order valence-electron chi connectivity index (χ4n) is 2.71. The van der Waals surface area contributed by atoms with Crippen LogP contribution in [0.3, 0.4) is 0 Å². The van der Waals surface area contributed by atoms with E-state index in [-0.39, 0.29) is 0 Å². The van der Waals surface area contributed by atoms with Crippen molar-refractivity contribution in [2.45, 2.75) is 53.1 Å². The van der Waals surface area contributed by atoms with Gasteiger partial charge in [0.2, 0.25) is 0 Å². The average Bonchev–Trinajstić information content (AvgIpc) is 2.24. The highest BCUT2D eigenvalue weighted by Gasteiger charge is 2.31. The number of ether oxygens (including phenoxy) is 2. The molecule has 0 radical (unpaired) electrons. The molecule has 0 aromatic heterocycles. The Kier molecular flexibility index (Phi) is 6.37.